The van der Waals surface area contributed by atoms with Crippen molar-refractivity contribution >= 4 is 23.6 Å². The monoisotopic (exact) mass is 644 g/mol. The number of ether oxygens (including phenoxy) is 4. The minimum atomic E-state index is -1.64. The maximum absolute atomic E-state index is 14.8. The fraction of sp³-hybridized carbons (Fsp3) is 0.553. The van der Waals surface area contributed by atoms with Crippen LogP contribution in [0.3, 0.4) is 0 Å². The van der Waals surface area contributed by atoms with Gasteiger partial charge in [-0.15, -0.1) is 0 Å². The van der Waals surface area contributed by atoms with E-state index in [-0.39, 0.29) is 46.5 Å². The molecule has 4 bridgehead atoms. The lowest BCUT2D eigenvalue weighted by Crippen LogP contribution is -2.72. The average molecular weight is 645 g/mol. The summed E-state index contributed by atoms with van der Waals surface area (Å²) in [6.45, 7) is 15.4. The molecule has 1 aromatic rings. The summed E-state index contributed by atoms with van der Waals surface area (Å²) in [5.41, 5.74) is -2.53. The number of fused-ring (bicyclic) bond motifs is 2. The first-order chi connectivity index (χ1) is 21.9. The average Bonchev–Trinajstić information content (AvgIpc) is 3.55. The molecule has 8 rings (SSSR count). The Balaban J connectivity index is 1.44. The maximum atomic E-state index is 14.8. The molecule has 3 aliphatic carbocycles. The van der Waals surface area contributed by atoms with E-state index in [2.05, 4.69) is 19.9 Å². The first-order valence-electron chi connectivity index (χ1n) is 16.6. The van der Waals surface area contributed by atoms with Crippen LogP contribution in [0.1, 0.15) is 103 Å². The third-order valence-corrected chi connectivity index (χ3v) is 11.3. The number of epoxide rings is 1. The predicted octanol–water partition coefficient (Wildman–Crippen LogP) is 6.45. The first kappa shape index (κ1) is 31.9. The topological polar surface area (TPSA) is 132 Å². The van der Waals surface area contributed by atoms with Crippen LogP contribution in [-0.4, -0.2) is 61.9 Å². The third-order valence-electron chi connectivity index (χ3n) is 11.3. The van der Waals surface area contributed by atoms with Crippen molar-refractivity contribution in [2.75, 3.05) is 0 Å². The van der Waals surface area contributed by atoms with Crippen molar-refractivity contribution in [2.24, 2.45) is 11.8 Å². The fourth-order valence-corrected chi connectivity index (χ4v) is 8.67. The third kappa shape index (κ3) is 4.38. The van der Waals surface area contributed by atoms with Crippen LogP contribution in [0.4, 0.5) is 0 Å². The van der Waals surface area contributed by atoms with Gasteiger partial charge in [0.15, 0.2) is 22.8 Å². The van der Waals surface area contributed by atoms with Crippen molar-refractivity contribution in [1.82, 2.24) is 0 Å². The van der Waals surface area contributed by atoms with Crippen LogP contribution in [0.25, 0.3) is 6.08 Å². The van der Waals surface area contributed by atoms with Gasteiger partial charge in [-0.1, -0.05) is 23.8 Å². The standard InChI is InChI=1S/C38H44O9/c1-19(2)10-9-13-36(8)14-12-22-28(39)27-29(40)24-16-21-17-25-34(4,5)47-37(32(21)41,15-11-20(3)33(42)43)38(24,25)46-31(27)23(30(22)45-36)18-26-35(6,7)44-26/h10-12,14,16,21,25-26,39H,9,13,15,17-18H2,1-8H3,(H,42,43)/b20-11-/t21-,25?,26?,36+,37+,38-/m1/s1. The highest BCUT2D eigenvalue weighted by Crippen LogP contribution is 2.69. The summed E-state index contributed by atoms with van der Waals surface area (Å²) in [5.74, 6) is -2.36. The number of ketones is 2. The molecule has 1 aromatic carbocycles. The normalized spacial score (nSPS) is 34.9. The van der Waals surface area contributed by atoms with Gasteiger partial charge in [0.05, 0.1) is 22.9 Å². The molecule has 9 heteroatoms. The quantitative estimate of drug-likeness (QED) is 0.186. The Morgan fingerprint density at radius 2 is 1.72 bits per heavy atom. The van der Waals surface area contributed by atoms with Crippen LogP contribution in [0.15, 0.2) is 41.0 Å². The van der Waals surface area contributed by atoms with Gasteiger partial charge in [0, 0.05) is 41.4 Å². The number of hydrogen-bond donors (Lipinski definition) is 2. The molecule has 250 valence electrons. The number of phenolic OH excluding ortho intramolecular Hbond substituents is 1. The van der Waals surface area contributed by atoms with Crippen molar-refractivity contribution < 1.29 is 43.5 Å². The second-order valence-corrected chi connectivity index (χ2v) is 15.7. The Morgan fingerprint density at radius 1 is 1.02 bits per heavy atom. The molecule has 4 aliphatic heterocycles. The van der Waals surface area contributed by atoms with E-state index in [1.165, 1.54) is 18.6 Å². The number of carbonyl (C=O) groups is 3. The van der Waals surface area contributed by atoms with Crippen LogP contribution in [0, 0.1) is 11.8 Å². The molecule has 9 nitrogen and oxygen atoms in total. The Labute approximate surface area is 275 Å². The van der Waals surface area contributed by atoms with Crippen molar-refractivity contribution in [3.63, 3.8) is 0 Å². The lowest BCUT2D eigenvalue weighted by atomic mass is 9.51. The molecule has 1 saturated carbocycles. The van der Waals surface area contributed by atoms with Crippen LogP contribution in [0.2, 0.25) is 0 Å². The molecule has 7 aliphatic rings. The SMILES string of the molecule is CC(C)=CCC[C@@]1(C)C=Cc2c(O)c3c(c(CC4OC4(C)C)c2O1)O[C@]12C(=C[C@@H]4CC1C(C)(C)O[C@@]2(C/C=C(/C)C(=O)O)C4=O)C3=O. The smallest absolute Gasteiger partial charge is 0.330 e. The number of carboxylic acids is 1. The van der Waals surface area contributed by atoms with E-state index in [4.69, 9.17) is 18.9 Å². The fourth-order valence-electron chi connectivity index (χ4n) is 8.67. The number of rotatable bonds is 8. The van der Waals surface area contributed by atoms with Gasteiger partial charge in [-0.05, 0) is 86.8 Å². The summed E-state index contributed by atoms with van der Waals surface area (Å²) in [7, 11) is 0. The van der Waals surface area contributed by atoms with Gasteiger partial charge in [0.1, 0.15) is 28.4 Å². The Hall–Kier alpha value is -3.69. The highest BCUT2D eigenvalue weighted by Gasteiger charge is 2.81. The molecule has 0 amide bonds. The van der Waals surface area contributed by atoms with Gasteiger partial charge in [-0.2, -0.15) is 0 Å². The van der Waals surface area contributed by atoms with Crippen molar-refractivity contribution in [3.05, 3.63) is 57.7 Å². The lowest BCUT2D eigenvalue weighted by molar-refractivity contribution is -0.171. The second-order valence-electron chi connectivity index (χ2n) is 15.7. The molecule has 0 aromatic heterocycles. The maximum Gasteiger partial charge on any atom is 0.330 e. The zero-order chi connectivity index (χ0) is 34.1. The van der Waals surface area contributed by atoms with Crippen LogP contribution < -0.4 is 9.47 Å². The second kappa shape index (κ2) is 9.92. The summed E-state index contributed by atoms with van der Waals surface area (Å²) in [6.07, 6.45) is 11.1. The van der Waals surface area contributed by atoms with Crippen molar-refractivity contribution in [1.29, 1.82) is 0 Å². The van der Waals surface area contributed by atoms with Crippen LogP contribution >= 0.6 is 0 Å². The molecule has 2 saturated heterocycles. The molecule has 0 radical (unpaired) electrons. The van der Waals surface area contributed by atoms with E-state index in [9.17, 15) is 24.6 Å². The number of hydrogen-bond acceptors (Lipinski definition) is 8. The lowest BCUT2D eigenvalue weighted by Gasteiger charge is -2.56. The molecular formula is C38H44O9. The predicted molar refractivity (Wildman–Crippen MR) is 174 cm³/mol. The summed E-state index contributed by atoms with van der Waals surface area (Å²) in [6, 6.07) is 0. The molecule has 3 fully saturated rings. The number of benzene rings is 1. The highest BCUT2D eigenvalue weighted by atomic mass is 16.6. The van der Waals surface area contributed by atoms with E-state index >= 15 is 0 Å². The van der Waals surface area contributed by atoms with E-state index in [0.29, 0.717) is 36.1 Å². The van der Waals surface area contributed by atoms with E-state index in [0.717, 1.165) is 6.42 Å². The summed E-state index contributed by atoms with van der Waals surface area (Å²) >= 11 is 0. The number of aromatic hydroxyl groups is 1. The molecule has 6 atom stereocenters. The largest absolute Gasteiger partial charge is 0.506 e. The van der Waals surface area contributed by atoms with Gasteiger partial charge in [0.2, 0.25) is 0 Å². The van der Waals surface area contributed by atoms with Crippen molar-refractivity contribution in [2.45, 2.75) is 122 Å². The molecule has 2 unspecified atom stereocenters. The molecule has 4 heterocycles. The summed E-state index contributed by atoms with van der Waals surface area (Å²) in [4.78, 5) is 41.0. The Morgan fingerprint density at radius 3 is 2.36 bits per heavy atom. The number of carboxylic acid groups (broad SMARTS) is 1. The number of Topliss-reactive ketones (excluding diaryl/α,β-unsaturated/α-hetero) is 2. The molecule has 1 spiro atoms. The van der Waals surface area contributed by atoms with E-state index in [1.807, 2.05) is 46.8 Å². The first-order valence-corrected chi connectivity index (χ1v) is 16.6. The number of phenols is 1. The van der Waals surface area contributed by atoms with Gasteiger partial charge in [0.25, 0.3) is 0 Å². The van der Waals surface area contributed by atoms with Crippen LogP contribution in [-0.2, 0) is 25.5 Å². The Kier molecular flexibility index (Phi) is 6.73. The highest BCUT2D eigenvalue weighted by molar-refractivity contribution is 6.19. The molecule has 2 N–H and O–H groups in total. The number of allylic oxidation sites excluding steroid dienone is 3. The molecular weight excluding hydrogens is 600 g/mol. The van der Waals surface area contributed by atoms with E-state index in [1.54, 1.807) is 6.08 Å². The summed E-state index contributed by atoms with van der Waals surface area (Å²) < 4.78 is 26.7. The van der Waals surface area contributed by atoms with Gasteiger partial charge >= 0.3 is 5.97 Å². The van der Waals surface area contributed by atoms with Crippen LogP contribution in [0.5, 0.6) is 17.2 Å². The number of aliphatic carboxylic acids is 1. The summed E-state index contributed by atoms with van der Waals surface area (Å²) in [5, 5.41) is 21.5. The minimum absolute atomic E-state index is 0.0417. The zero-order valence-electron chi connectivity index (χ0n) is 28.4. The zero-order valence-corrected chi connectivity index (χ0v) is 28.4. The van der Waals surface area contributed by atoms with Gasteiger partial charge in [-0.3, -0.25) is 9.59 Å². The van der Waals surface area contributed by atoms with E-state index < -0.39 is 51.6 Å². The van der Waals surface area contributed by atoms with Gasteiger partial charge in [-0.25, -0.2) is 4.79 Å². The van der Waals surface area contributed by atoms with Gasteiger partial charge < -0.3 is 29.2 Å². The Bertz CT molecular complexity index is 1770. The van der Waals surface area contributed by atoms with Crippen molar-refractivity contribution in [3.8, 4) is 17.2 Å². The molecule has 47 heavy (non-hydrogen) atoms. The minimum Gasteiger partial charge on any atom is -0.506 e. The number of carbonyl (C=O) groups excluding carboxylic acids is 2.